The zero-order valence-corrected chi connectivity index (χ0v) is 20.1. The second-order valence-corrected chi connectivity index (χ2v) is 11.0. The van der Waals surface area contributed by atoms with Crippen molar-refractivity contribution in [1.82, 2.24) is 14.5 Å². The van der Waals surface area contributed by atoms with E-state index in [1.807, 2.05) is 6.92 Å². The molecule has 0 bridgehead atoms. The number of amides is 2. The molecule has 2 heterocycles. The van der Waals surface area contributed by atoms with Crippen LogP contribution in [0.25, 0.3) is 0 Å². The first-order valence-corrected chi connectivity index (χ1v) is 13.1. The van der Waals surface area contributed by atoms with Gasteiger partial charge in [-0.05, 0) is 62.4 Å². The minimum absolute atomic E-state index is 0.0770. The first-order chi connectivity index (χ1) is 16.3. The minimum Gasteiger partial charge on any atom is -0.350 e. The van der Waals surface area contributed by atoms with Gasteiger partial charge in [0.2, 0.25) is 21.8 Å². The summed E-state index contributed by atoms with van der Waals surface area (Å²) in [7, 11) is -3.59. The molecule has 2 fully saturated rings. The quantitative estimate of drug-likeness (QED) is 0.679. The Labute approximate surface area is 200 Å². The monoisotopic (exact) mass is 487 g/mol. The van der Waals surface area contributed by atoms with Crippen LogP contribution in [0.4, 0.5) is 4.39 Å². The molecule has 1 atom stereocenters. The van der Waals surface area contributed by atoms with Crippen LogP contribution in [-0.2, 0) is 26.2 Å². The molecule has 2 amide bonds. The molecule has 2 aliphatic heterocycles. The number of piperidine rings is 1. The fourth-order valence-electron chi connectivity index (χ4n) is 4.65. The Kier molecular flexibility index (Phi) is 7.33. The number of aryl methyl sites for hydroxylation is 1. The van der Waals surface area contributed by atoms with E-state index in [1.165, 1.54) is 16.4 Å². The number of carbonyl (C=O) groups is 2. The predicted molar refractivity (Wildman–Crippen MR) is 126 cm³/mol. The van der Waals surface area contributed by atoms with Crippen molar-refractivity contribution in [3.63, 3.8) is 0 Å². The van der Waals surface area contributed by atoms with Gasteiger partial charge >= 0.3 is 0 Å². The molecular weight excluding hydrogens is 457 g/mol. The lowest BCUT2D eigenvalue weighted by Crippen LogP contribution is -2.49. The number of halogens is 1. The van der Waals surface area contributed by atoms with E-state index in [0.29, 0.717) is 25.8 Å². The van der Waals surface area contributed by atoms with Crippen molar-refractivity contribution >= 4 is 21.8 Å². The summed E-state index contributed by atoms with van der Waals surface area (Å²) in [5.74, 6) is -0.920. The lowest BCUT2D eigenvalue weighted by molar-refractivity contribution is -0.142. The van der Waals surface area contributed by atoms with E-state index < -0.39 is 16.1 Å². The Morgan fingerprint density at radius 2 is 1.62 bits per heavy atom. The van der Waals surface area contributed by atoms with Crippen molar-refractivity contribution in [2.45, 2.75) is 50.1 Å². The first-order valence-electron chi connectivity index (χ1n) is 11.6. The molecule has 0 spiro atoms. The second-order valence-electron chi connectivity index (χ2n) is 9.03. The van der Waals surface area contributed by atoms with Crippen LogP contribution in [-0.4, -0.2) is 55.1 Å². The second kappa shape index (κ2) is 10.2. The zero-order valence-electron chi connectivity index (χ0n) is 19.2. The third kappa shape index (κ3) is 5.31. The van der Waals surface area contributed by atoms with Gasteiger partial charge in [0.1, 0.15) is 11.9 Å². The summed E-state index contributed by atoms with van der Waals surface area (Å²) in [6.07, 6.45) is 2.22. The molecule has 2 saturated heterocycles. The van der Waals surface area contributed by atoms with Crippen LogP contribution in [0.3, 0.4) is 0 Å². The fourth-order valence-corrected chi connectivity index (χ4v) is 6.12. The normalized spacial score (nSPS) is 19.8. The average Bonchev–Trinajstić information content (AvgIpc) is 3.33. The third-order valence-electron chi connectivity index (χ3n) is 6.68. The van der Waals surface area contributed by atoms with Crippen LogP contribution in [0.15, 0.2) is 53.4 Å². The Hall–Kier alpha value is -2.78. The smallest absolute Gasteiger partial charge is 0.243 e. The Bertz CT molecular complexity index is 1130. The number of hydrogen-bond acceptors (Lipinski definition) is 4. The number of hydrogen-bond donors (Lipinski definition) is 1. The number of carbonyl (C=O) groups excluding carboxylic acids is 2. The molecule has 0 unspecified atom stereocenters. The number of likely N-dealkylation sites (tertiary alicyclic amines) is 1. The summed E-state index contributed by atoms with van der Waals surface area (Å²) in [6, 6.07) is 12.2. The molecule has 182 valence electrons. The van der Waals surface area contributed by atoms with Crippen LogP contribution in [0.2, 0.25) is 0 Å². The van der Waals surface area contributed by atoms with E-state index in [9.17, 15) is 22.4 Å². The Morgan fingerprint density at radius 1 is 0.971 bits per heavy atom. The molecule has 0 aliphatic carbocycles. The van der Waals surface area contributed by atoms with Crippen molar-refractivity contribution < 1.29 is 22.4 Å². The maximum Gasteiger partial charge on any atom is 0.243 e. The number of benzene rings is 2. The number of rotatable bonds is 6. The van der Waals surface area contributed by atoms with Gasteiger partial charge in [-0.1, -0.05) is 29.8 Å². The summed E-state index contributed by atoms with van der Waals surface area (Å²) >= 11 is 0. The highest BCUT2D eigenvalue weighted by atomic mass is 32.2. The van der Waals surface area contributed by atoms with Gasteiger partial charge in [-0.2, -0.15) is 4.31 Å². The molecule has 2 aromatic carbocycles. The van der Waals surface area contributed by atoms with Gasteiger partial charge in [-0.3, -0.25) is 9.59 Å². The summed E-state index contributed by atoms with van der Waals surface area (Å²) in [5.41, 5.74) is 1.78. The van der Waals surface area contributed by atoms with Gasteiger partial charge in [0.25, 0.3) is 0 Å². The number of sulfonamides is 1. The van der Waals surface area contributed by atoms with E-state index in [2.05, 4.69) is 5.32 Å². The van der Waals surface area contributed by atoms with Crippen molar-refractivity contribution in [3.05, 3.63) is 65.5 Å². The molecule has 1 N–H and O–H groups in total. The summed E-state index contributed by atoms with van der Waals surface area (Å²) in [6.45, 7) is 3.26. The summed E-state index contributed by atoms with van der Waals surface area (Å²) < 4.78 is 40.4. The van der Waals surface area contributed by atoms with Crippen molar-refractivity contribution in [2.24, 2.45) is 5.92 Å². The van der Waals surface area contributed by atoms with Crippen molar-refractivity contribution in [2.75, 3.05) is 19.6 Å². The van der Waals surface area contributed by atoms with Crippen LogP contribution >= 0.6 is 0 Å². The van der Waals surface area contributed by atoms with Crippen LogP contribution < -0.4 is 5.32 Å². The topological polar surface area (TPSA) is 86.8 Å². The van der Waals surface area contributed by atoms with Crippen LogP contribution in [0, 0.1) is 18.7 Å². The predicted octanol–water partition coefficient (Wildman–Crippen LogP) is 2.84. The lowest BCUT2D eigenvalue weighted by atomic mass is 9.96. The molecule has 4 rings (SSSR count). The fraction of sp³-hybridized carbons (Fsp3) is 0.440. The first kappa shape index (κ1) is 24.3. The molecule has 2 aliphatic rings. The molecule has 7 nitrogen and oxygen atoms in total. The highest BCUT2D eigenvalue weighted by Crippen LogP contribution is 2.28. The zero-order chi connectivity index (χ0) is 24.3. The third-order valence-corrected chi connectivity index (χ3v) is 8.59. The van der Waals surface area contributed by atoms with Gasteiger partial charge in [0, 0.05) is 32.1 Å². The SMILES string of the molecule is Cc1ccc(S(=O)(=O)N2CCC(C(=O)N3CCC[C@@H]3C(=O)NCc3ccc(F)cc3)CC2)cc1. The average molecular weight is 488 g/mol. The van der Waals surface area contributed by atoms with Gasteiger partial charge in [-0.25, -0.2) is 12.8 Å². The van der Waals surface area contributed by atoms with Crippen LogP contribution in [0.1, 0.15) is 36.8 Å². The Balaban J connectivity index is 1.33. The highest BCUT2D eigenvalue weighted by Gasteiger charge is 2.39. The molecule has 0 saturated carbocycles. The molecule has 0 aromatic heterocycles. The summed E-state index contributed by atoms with van der Waals surface area (Å²) in [4.78, 5) is 27.9. The van der Waals surface area contributed by atoms with Crippen LogP contribution in [0.5, 0.6) is 0 Å². The van der Waals surface area contributed by atoms with E-state index in [-0.39, 0.29) is 48.1 Å². The standard InChI is InChI=1S/C25H30FN3O4S/c1-18-4-10-22(11-5-18)34(32,33)28-15-12-20(13-16-28)25(31)29-14-2-3-23(29)24(30)27-17-19-6-8-21(26)9-7-19/h4-11,20,23H,2-3,12-17H2,1H3,(H,27,30)/t23-/m1/s1. The Morgan fingerprint density at radius 3 is 2.26 bits per heavy atom. The van der Waals surface area contributed by atoms with Gasteiger partial charge in [-0.15, -0.1) is 0 Å². The van der Waals surface area contributed by atoms with Gasteiger partial charge in [0.15, 0.2) is 0 Å². The molecule has 34 heavy (non-hydrogen) atoms. The van der Waals surface area contributed by atoms with E-state index in [0.717, 1.165) is 17.5 Å². The summed E-state index contributed by atoms with van der Waals surface area (Å²) in [5, 5.41) is 2.85. The highest BCUT2D eigenvalue weighted by molar-refractivity contribution is 7.89. The molecule has 2 aromatic rings. The van der Waals surface area contributed by atoms with Gasteiger partial charge < -0.3 is 10.2 Å². The maximum atomic E-state index is 13.2. The maximum absolute atomic E-state index is 13.2. The lowest BCUT2D eigenvalue weighted by Gasteiger charge is -2.34. The molecule has 9 heteroatoms. The van der Waals surface area contributed by atoms with Crippen molar-refractivity contribution in [1.29, 1.82) is 0 Å². The minimum atomic E-state index is -3.59. The van der Waals surface area contributed by atoms with Crippen molar-refractivity contribution in [3.8, 4) is 0 Å². The molecular formula is C25H30FN3O4S. The molecule has 0 radical (unpaired) electrons. The van der Waals surface area contributed by atoms with Gasteiger partial charge in [0.05, 0.1) is 4.90 Å². The largest absolute Gasteiger partial charge is 0.350 e. The number of nitrogens with one attached hydrogen (secondary N) is 1. The van der Waals surface area contributed by atoms with E-state index >= 15 is 0 Å². The van der Waals surface area contributed by atoms with E-state index in [1.54, 1.807) is 41.3 Å². The van der Waals surface area contributed by atoms with E-state index in [4.69, 9.17) is 0 Å². The number of nitrogens with zero attached hydrogens (tertiary/aromatic N) is 2.